The van der Waals surface area contributed by atoms with Gasteiger partial charge >= 0.3 is 0 Å². The van der Waals surface area contributed by atoms with Crippen LogP contribution in [0.3, 0.4) is 0 Å². The van der Waals surface area contributed by atoms with Gasteiger partial charge in [0, 0.05) is 10.5 Å². The van der Waals surface area contributed by atoms with Crippen LogP contribution in [0.1, 0.15) is 43.4 Å². The second kappa shape index (κ2) is 5.52. The van der Waals surface area contributed by atoms with E-state index in [2.05, 4.69) is 48.0 Å². The van der Waals surface area contributed by atoms with Crippen LogP contribution in [0.15, 0.2) is 22.7 Å². The van der Waals surface area contributed by atoms with Gasteiger partial charge in [-0.15, -0.1) is 0 Å². The monoisotopic (exact) mass is 255 g/mol. The molecule has 1 unspecified atom stereocenters. The number of rotatable bonds is 4. The van der Waals surface area contributed by atoms with Crippen molar-refractivity contribution in [1.29, 1.82) is 0 Å². The molecule has 1 aromatic carbocycles. The second-order valence-electron chi connectivity index (χ2n) is 3.75. The third-order valence-electron chi connectivity index (χ3n) is 2.50. The first-order valence-electron chi connectivity index (χ1n) is 5.16. The largest absolute Gasteiger partial charge is 0.324 e. The van der Waals surface area contributed by atoms with Crippen LogP contribution < -0.4 is 5.73 Å². The van der Waals surface area contributed by atoms with Crippen molar-refractivity contribution in [2.24, 2.45) is 5.73 Å². The first kappa shape index (κ1) is 11.7. The zero-order valence-electron chi connectivity index (χ0n) is 8.89. The molecular weight excluding hydrogens is 238 g/mol. The van der Waals surface area contributed by atoms with Gasteiger partial charge < -0.3 is 5.73 Å². The van der Waals surface area contributed by atoms with E-state index in [0.717, 1.165) is 10.9 Å². The fourth-order valence-corrected chi connectivity index (χ4v) is 2.11. The average Bonchev–Trinajstić information content (AvgIpc) is 2.14. The Morgan fingerprint density at radius 2 is 2.14 bits per heavy atom. The van der Waals surface area contributed by atoms with Crippen LogP contribution in [0, 0.1) is 6.92 Å². The van der Waals surface area contributed by atoms with Gasteiger partial charge in [-0.2, -0.15) is 0 Å². The molecule has 1 aromatic rings. The molecule has 0 spiro atoms. The van der Waals surface area contributed by atoms with Crippen molar-refractivity contribution in [1.82, 2.24) is 0 Å². The van der Waals surface area contributed by atoms with E-state index in [0.29, 0.717) is 0 Å². The Bertz CT molecular complexity index is 296. The van der Waals surface area contributed by atoms with Gasteiger partial charge in [-0.1, -0.05) is 41.8 Å². The minimum Gasteiger partial charge on any atom is -0.324 e. The number of benzene rings is 1. The van der Waals surface area contributed by atoms with E-state index in [1.54, 1.807) is 0 Å². The molecule has 0 aliphatic carbocycles. The van der Waals surface area contributed by atoms with Crippen molar-refractivity contribution < 1.29 is 0 Å². The molecule has 0 saturated heterocycles. The van der Waals surface area contributed by atoms with Crippen molar-refractivity contribution in [3.63, 3.8) is 0 Å². The predicted octanol–water partition coefficient (Wildman–Crippen LogP) is 3.95. The molecule has 1 nitrogen and oxygen atoms in total. The Hall–Kier alpha value is -0.340. The van der Waals surface area contributed by atoms with Gasteiger partial charge in [-0.25, -0.2) is 0 Å². The van der Waals surface area contributed by atoms with Crippen LogP contribution in [0.5, 0.6) is 0 Å². The summed E-state index contributed by atoms with van der Waals surface area (Å²) in [7, 11) is 0. The summed E-state index contributed by atoms with van der Waals surface area (Å²) in [5, 5.41) is 0. The molecule has 0 radical (unpaired) electrons. The maximum absolute atomic E-state index is 6.12. The Kier molecular flexibility index (Phi) is 4.63. The lowest BCUT2D eigenvalue weighted by Crippen LogP contribution is -2.11. The molecule has 2 N–H and O–H groups in total. The number of hydrogen-bond acceptors (Lipinski definition) is 1. The van der Waals surface area contributed by atoms with Gasteiger partial charge in [-0.3, -0.25) is 0 Å². The number of unbranched alkanes of at least 4 members (excludes halogenated alkanes) is 1. The van der Waals surface area contributed by atoms with Gasteiger partial charge in [0.2, 0.25) is 0 Å². The van der Waals surface area contributed by atoms with E-state index in [-0.39, 0.29) is 6.04 Å². The van der Waals surface area contributed by atoms with Crippen LogP contribution in [0.4, 0.5) is 0 Å². The number of nitrogens with two attached hydrogens (primary N) is 1. The molecule has 0 amide bonds. The highest BCUT2D eigenvalue weighted by Crippen LogP contribution is 2.23. The predicted molar refractivity (Wildman–Crippen MR) is 65.3 cm³/mol. The highest BCUT2D eigenvalue weighted by atomic mass is 79.9. The Balaban J connectivity index is 2.74. The van der Waals surface area contributed by atoms with E-state index in [1.807, 2.05) is 0 Å². The van der Waals surface area contributed by atoms with E-state index >= 15 is 0 Å². The molecule has 78 valence electrons. The molecule has 1 rings (SSSR count). The summed E-state index contributed by atoms with van der Waals surface area (Å²) in [4.78, 5) is 0. The van der Waals surface area contributed by atoms with Crippen molar-refractivity contribution in [2.45, 2.75) is 39.2 Å². The van der Waals surface area contributed by atoms with Gasteiger partial charge in [-0.05, 0) is 36.6 Å². The number of halogens is 1. The van der Waals surface area contributed by atoms with Crippen LogP contribution in [0.2, 0.25) is 0 Å². The van der Waals surface area contributed by atoms with E-state index in [9.17, 15) is 0 Å². The molecule has 0 heterocycles. The topological polar surface area (TPSA) is 26.0 Å². The summed E-state index contributed by atoms with van der Waals surface area (Å²) in [6, 6.07) is 6.51. The van der Waals surface area contributed by atoms with Crippen LogP contribution in [-0.4, -0.2) is 0 Å². The smallest absolute Gasteiger partial charge is 0.0297 e. The lowest BCUT2D eigenvalue weighted by atomic mass is 9.98. The standard InChI is InChI=1S/C12H18BrN/c1-3-4-5-12(14)11-7-6-10(13)8-9(11)2/h6-8,12H,3-5,14H2,1-2H3. The highest BCUT2D eigenvalue weighted by molar-refractivity contribution is 9.10. The van der Waals surface area contributed by atoms with Gasteiger partial charge in [0.15, 0.2) is 0 Å². The van der Waals surface area contributed by atoms with E-state index in [1.165, 1.54) is 24.0 Å². The van der Waals surface area contributed by atoms with Crippen LogP contribution in [0.25, 0.3) is 0 Å². The van der Waals surface area contributed by atoms with Gasteiger partial charge in [0.25, 0.3) is 0 Å². The van der Waals surface area contributed by atoms with Crippen LogP contribution >= 0.6 is 15.9 Å². The minimum atomic E-state index is 0.197. The zero-order valence-corrected chi connectivity index (χ0v) is 10.5. The Morgan fingerprint density at radius 3 is 2.71 bits per heavy atom. The second-order valence-corrected chi connectivity index (χ2v) is 4.67. The Labute approximate surface area is 94.8 Å². The Morgan fingerprint density at radius 1 is 1.43 bits per heavy atom. The highest BCUT2D eigenvalue weighted by Gasteiger charge is 2.07. The fraction of sp³-hybridized carbons (Fsp3) is 0.500. The normalized spacial score (nSPS) is 12.9. The third kappa shape index (κ3) is 3.10. The zero-order chi connectivity index (χ0) is 10.6. The summed E-state index contributed by atoms with van der Waals surface area (Å²) in [6.07, 6.45) is 3.50. The van der Waals surface area contributed by atoms with Crippen LogP contribution in [-0.2, 0) is 0 Å². The lowest BCUT2D eigenvalue weighted by Gasteiger charge is -2.14. The summed E-state index contributed by atoms with van der Waals surface area (Å²) >= 11 is 3.46. The maximum Gasteiger partial charge on any atom is 0.0297 e. The molecule has 1 atom stereocenters. The quantitative estimate of drug-likeness (QED) is 0.867. The first-order valence-corrected chi connectivity index (χ1v) is 5.96. The first-order chi connectivity index (χ1) is 6.65. The van der Waals surface area contributed by atoms with E-state index in [4.69, 9.17) is 5.73 Å². The van der Waals surface area contributed by atoms with Crippen molar-refractivity contribution in [2.75, 3.05) is 0 Å². The molecular formula is C12H18BrN. The maximum atomic E-state index is 6.12. The van der Waals surface area contributed by atoms with Gasteiger partial charge in [0.05, 0.1) is 0 Å². The average molecular weight is 256 g/mol. The van der Waals surface area contributed by atoms with Crippen molar-refractivity contribution >= 4 is 15.9 Å². The minimum absolute atomic E-state index is 0.197. The molecule has 0 fully saturated rings. The summed E-state index contributed by atoms with van der Waals surface area (Å²) in [5.74, 6) is 0. The molecule has 0 aromatic heterocycles. The summed E-state index contributed by atoms with van der Waals surface area (Å²) in [6.45, 7) is 4.31. The number of aryl methyl sites for hydroxylation is 1. The number of hydrogen-bond donors (Lipinski definition) is 1. The fourth-order valence-electron chi connectivity index (χ4n) is 1.63. The third-order valence-corrected chi connectivity index (χ3v) is 2.99. The molecule has 0 aliphatic heterocycles. The summed E-state index contributed by atoms with van der Waals surface area (Å²) in [5.41, 5.74) is 8.68. The molecule has 0 saturated carbocycles. The van der Waals surface area contributed by atoms with Crippen molar-refractivity contribution in [3.8, 4) is 0 Å². The summed E-state index contributed by atoms with van der Waals surface area (Å²) < 4.78 is 1.13. The molecule has 14 heavy (non-hydrogen) atoms. The van der Waals surface area contributed by atoms with Crippen molar-refractivity contribution in [3.05, 3.63) is 33.8 Å². The molecule has 0 bridgehead atoms. The SMILES string of the molecule is CCCCC(N)c1ccc(Br)cc1C. The van der Waals surface area contributed by atoms with E-state index < -0.39 is 0 Å². The van der Waals surface area contributed by atoms with Gasteiger partial charge in [0.1, 0.15) is 0 Å². The molecule has 2 heteroatoms. The molecule has 0 aliphatic rings. The lowest BCUT2D eigenvalue weighted by molar-refractivity contribution is 0.601.